The standard InChI is InChI=1S/C19H19F2NO4/c1-23-16-7-6-13(10-17(16)24-2)25-9-8-12-11-26-19(22-12)18-14(20)4-3-5-15(18)21/h3-7,10,12H,8-9,11H2,1-2H3. The molecule has 1 unspecified atom stereocenters. The van der Waals surface area contributed by atoms with E-state index in [0.717, 1.165) is 0 Å². The van der Waals surface area contributed by atoms with Crippen molar-refractivity contribution in [3.05, 3.63) is 53.6 Å². The van der Waals surface area contributed by atoms with Crippen LogP contribution < -0.4 is 14.2 Å². The zero-order valence-corrected chi connectivity index (χ0v) is 14.5. The van der Waals surface area contributed by atoms with Crippen molar-refractivity contribution in [2.75, 3.05) is 27.4 Å². The van der Waals surface area contributed by atoms with E-state index in [1.165, 1.54) is 18.2 Å². The van der Waals surface area contributed by atoms with E-state index in [1.54, 1.807) is 32.4 Å². The summed E-state index contributed by atoms with van der Waals surface area (Å²) in [6, 6.07) is 8.70. The highest BCUT2D eigenvalue weighted by atomic mass is 19.1. The van der Waals surface area contributed by atoms with Gasteiger partial charge in [0.05, 0.1) is 26.9 Å². The van der Waals surface area contributed by atoms with Gasteiger partial charge in [0, 0.05) is 12.5 Å². The number of methoxy groups -OCH3 is 2. The molecule has 0 radical (unpaired) electrons. The molecule has 1 heterocycles. The van der Waals surface area contributed by atoms with Gasteiger partial charge in [0.2, 0.25) is 5.90 Å². The third-order valence-corrected chi connectivity index (χ3v) is 3.96. The molecule has 0 N–H and O–H groups in total. The van der Waals surface area contributed by atoms with Crippen LogP contribution in [0.1, 0.15) is 12.0 Å². The maximum atomic E-state index is 13.8. The molecule has 0 aliphatic carbocycles. The van der Waals surface area contributed by atoms with Gasteiger partial charge < -0.3 is 18.9 Å². The monoisotopic (exact) mass is 363 g/mol. The average molecular weight is 363 g/mol. The van der Waals surface area contributed by atoms with Crippen LogP contribution in [0.2, 0.25) is 0 Å². The summed E-state index contributed by atoms with van der Waals surface area (Å²) < 4.78 is 49.0. The van der Waals surface area contributed by atoms with Crippen LogP contribution in [0.4, 0.5) is 8.78 Å². The minimum absolute atomic E-state index is 0.00304. The molecule has 0 spiro atoms. The summed E-state index contributed by atoms with van der Waals surface area (Å²) in [5.74, 6) is 0.439. The number of benzene rings is 2. The number of hydrogen-bond donors (Lipinski definition) is 0. The van der Waals surface area contributed by atoms with Gasteiger partial charge in [-0.2, -0.15) is 0 Å². The van der Waals surface area contributed by atoms with Crippen molar-refractivity contribution < 1.29 is 27.7 Å². The van der Waals surface area contributed by atoms with Crippen LogP contribution in [-0.2, 0) is 4.74 Å². The predicted molar refractivity (Wildman–Crippen MR) is 92.3 cm³/mol. The maximum absolute atomic E-state index is 13.8. The topological polar surface area (TPSA) is 49.3 Å². The van der Waals surface area contributed by atoms with Gasteiger partial charge in [-0.25, -0.2) is 13.8 Å². The molecule has 2 aromatic carbocycles. The van der Waals surface area contributed by atoms with Gasteiger partial charge in [-0.15, -0.1) is 0 Å². The van der Waals surface area contributed by atoms with Crippen molar-refractivity contribution in [1.29, 1.82) is 0 Å². The van der Waals surface area contributed by atoms with Crippen LogP contribution in [0.25, 0.3) is 0 Å². The number of nitrogens with zero attached hydrogens (tertiary/aromatic N) is 1. The van der Waals surface area contributed by atoms with Crippen molar-refractivity contribution in [2.45, 2.75) is 12.5 Å². The maximum Gasteiger partial charge on any atom is 0.222 e. The largest absolute Gasteiger partial charge is 0.493 e. The van der Waals surface area contributed by atoms with Crippen molar-refractivity contribution in [3.63, 3.8) is 0 Å². The van der Waals surface area contributed by atoms with E-state index in [0.29, 0.717) is 30.3 Å². The number of halogens is 2. The molecule has 138 valence electrons. The lowest BCUT2D eigenvalue weighted by molar-refractivity contribution is 0.263. The van der Waals surface area contributed by atoms with Gasteiger partial charge >= 0.3 is 0 Å². The fourth-order valence-corrected chi connectivity index (χ4v) is 2.62. The second-order valence-corrected chi connectivity index (χ2v) is 5.65. The Hall–Kier alpha value is -2.83. The van der Waals surface area contributed by atoms with Gasteiger partial charge in [0.15, 0.2) is 11.5 Å². The zero-order chi connectivity index (χ0) is 18.5. The Morgan fingerprint density at radius 3 is 2.50 bits per heavy atom. The Kier molecular flexibility index (Phi) is 5.55. The molecular formula is C19H19F2NO4. The van der Waals surface area contributed by atoms with E-state index in [1.807, 2.05) is 0 Å². The number of hydrogen-bond acceptors (Lipinski definition) is 5. The van der Waals surface area contributed by atoms with Gasteiger partial charge in [-0.05, 0) is 24.3 Å². The SMILES string of the molecule is COc1ccc(OCCC2COC(c3c(F)cccc3F)=N2)cc1OC. The molecule has 7 heteroatoms. The van der Waals surface area contributed by atoms with Crippen molar-refractivity contribution in [3.8, 4) is 17.2 Å². The highest BCUT2D eigenvalue weighted by molar-refractivity contribution is 5.95. The molecule has 0 saturated heterocycles. The third kappa shape index (κ3) is 3.87. The summed E-state index contributed by atoms with van der Waals surface area (Å²) in [7, 11) is 3.11. The van der Waals surface area contributed by atoms with Crippen LogP contribution in [0.5, 0.6) is 17.2 Å². The quantitative estimate of drug-likeness (QED) is 0.754. The molecule has 3 rings (SSSR count). The minimum atomic E-state index is -0.689. The third-order valence-electron chi connectivity index (χ3n) is 3.96. The molecule has 1 aliphatic rings. The highest BCUT2D eigenvalue weighted by Gasteiger charge is 2.25. The fraction of sp³-hybridized carbons (Fsp3) is 0.316. The molecule has 0 fully saturated rings. The average Bonchev–Trinajstić information content (AvgIpc) is 3.10. The molecule has 0 saturated carbocycles. The van der Waals surface area contributed by atoms with Crippen molar-refractivity contribution >= 4 is 5.90 Å². The summed E-state index contributed by atoms with van der Waals surface area (Å²) in [6.07, 6.45) is 0.550. The van der Waals surface area contributed by atoms with E-state index < -0.39 is 11.6 Å². The molecule has 0 aromatic heterocycles. The molecule has 1 aliphatic heterocycles. The predicted octanol–water partition coefficient (Wildman–Crippen LogP) is 3.60. The lowest BCUT2D eigenvalue weighted by Crippen LogP contribution is -2.11. The lowest BCUT2D eigenvalue weighted by atomic mass is 10.2. The number of rotatable bonds is 7. The van der Waals surface area contributed by atoms with Gasteiger partial charge in [-0.1, -0.05) is 6.07 Å². The molecule has 0 amide bonds. The summed E-state index contributed by atoms with van der Waals surface area (Å²) in [6.45, 7) is 0.637. The lowest BCUT2D eigenvalue weighted by Gasteiger charge is -2.11. The molecular weight excluding hydrogens is 344 g/mol. The van der Waals surface area contributed by atoms with E-state index >= 15 is 0 Å². The van der Waals surface area contributed by atoms with Gasteiger partial charge in [0.1, 0.15) is 29.6 Å². The summed E-state index contributed by atoms with van der Waals surface area (Å²) in [5.41, 5.74) is -0.226. The van der Waals surface area contributed by atoms with Crippen molar-refractivity contribution in [2.24, 2.45) is 4.99 Å². The van der Waals surface area contributed by atoms with Crippen LogP contribution in [-0.4, -0.2) is 39.4 Å². The summed E-state index contributed by atoms with van der Waals surface area (Å²) in [4.78, 5) is 4.26. The highest BCUT2D eigenvalue weighted by Crippen LogP contribution is 2.31. The smallest absolute Gasteiger partial charge is 0.222 e. The molecule has 1 atom stereocenters. The van der Waals surface area contributed by atoms with Crippen molar-refractivity contribution in [1.82, 2.24) is 0 Å². The van der Waals surface area contributed by atoms with Gasteiger partial charge in [0.25, 0.3) is 0 Å². The normalized spacial score (nSPS) is 16.0. The van der Waals surface area contributed by atoms with Crippen LogP contribution in [0.15, 0.2) is 41.4 Å². The van der Waals surface area contributed by atoms with Crippen LogP contribution in [0.3, 0.4) is 0 Å². The molecule has 0 bridgehead atoms. The summed E-state index contributed by atoms with van der Waals surface area (Å²) in [5, 5.41) is 0. The van der Waals surface area contributed by atoms with E-state index in [4.69, 9.17) is 18.9 Å². The first-order valence-electron chi connectivity index (χ1n) is 8.12. The molecule has 26 heavy (non-hydrogen) atoms. The number of aliphatic imine (C=N–C) groups is 1. The van der Waals surface area contributed by atoms with E-state index in [-0.39, 0.29) is 24.1 Å². The number of ether oxygens (including phenoxy) is 4. The Labute approximate surface area is 150 Å². The Bertz CT molecular complexity index is 790. The fourth-order valence-electron chi connectivity index (χ4n) is 2.62. The first-order valence-corrected chi connectivity index (χ1v) is 8.12. The Morgan fingerprint density at radius 1 is 1.08 bits per heavy atom. The van der Waals surface area contributed by atoms with Gasteiger partial charge in [-0.3, -0.25) is 0 Å². The molecule has 2 aromatic rings. The van der Waals surface area contributed by atoms with Crippen LogP contribution >= 0.6 is 0 Å². The first-order chi connectivity index (χ1) is 12.6. The minimum Gasteiger partial charge on any atom is -0.493 e. The Balaban J connectivity index is 1.59. The summed E-state index contributed by atoms with van der Waals surface area (Å²) >= 11 is 0. The zero-order valence-electron chi connectivity index (χ0n) is 14.5. The van der Waals surface area contributed by atoms with E-state index in [2.05, 4.69) is 4.99 Å². The first kappa shape index (κ1) is 18.0. The second-order valence-electron chi connectivity index (χ2n) is 5.65. The molecule has 5 nitrogen and oxygen atoms in total. The Morgan fingerprint density at radius 2 is 1.81 bits per heavy atom. The van der Waals surface area contributed by atoms with Crippen LogP contribution in [0, 0.1) is 11.6 Å². The van der Waals surface area contributed by atoms with E-state index in [9.17, 15) is 8.78 Å². The second kappa shape index (κ2) is 8.03.